The Balaban J connectivity index is 1.61. The maximum Gasteiger partial charge on any atom is 0.352 e. The normalized spacial score (nSPS) is 23.8. The summed E-state index contributed by atoms with van der Waals surface area (Å²) in [5.74, 6) is -4.68. The Bertz CT molecular complexity index is 1140. The number of alkyl halides is 2. The van der Waals surface area contributed by atoms with Gasteiger partial charge in [-0.05, 0) is 49.9 Å². The highest BCUT2D eigenvalue weighted by Crippen LogP contribution is 2.55. The molecule has 34 heavy (non-hydrogen) atoms. The predicted molar refractivity (Wildman–Crippen MR) is 120 cm³/mol. The Hall–Kier alpha value is -2.62. The lowest BCUT2D eigenvalue weighted by Gasteiger charge is -2.51. The van der Waals surface area contributed by atoms with Crippen LogP contribution in [0.5, 0.6) is 0 Å². The molecule has 10 heteroatoms. The zero-order valence-corrected chi connectivity index (χ0v) is 20.3. The summed E-state index contributed by atoms with van der Waals surface area (Å²) in [6.07, 6.45) is 2.83. The van der Waals surface area contributed by atoms with Crippen LogP contribution in [0.3, 0.4) is 0 Å². The fourth-order valence-corrected chi connectivity index (χ4v) is 6.26. The first-order chi connectivity index (χ1) is 15.6. The minimum atomic E-state index is -3.95. The molecule has 0 spiro atoms. The first-order valence-corrected chi connectivity index (χ1v) is 11.6. The maximum absolute atomic E-state index is 15.7. The number of likely N-dealkylation sites (tertiary alicyclic amines) is 1. The molecule has 1 N–H and O–H groups in total. The van der Waals surface area contributed by atoms with Gasteiger partial charge < -0.3 is 14.5 Å². The highest BCUT2D eigenvalue weighted by molar-refractivity contribution is 5.85. The second-order valence-electron chi connectivity index (χ2n) is 11.4. The molecule has 1 aliphatic heterocycles. The van der Waals surface area contributed by atoms with E-state index in [1.807, 2.05) is 27.7 Å². The molecule has 0 bridgehead atoms. The molecule has 8 nitrogen and oxygen atoms in total. The van der Waals surface area contributed by atoms with Gasteiger partial charge in [0.1, 0.15) is 17.1 Å². The van der Waals surface area contributed by atoms with E-state index in [-0.39, 0.29) is 25.3 Å². The van der Waals surface area contributed by atoms with Crippen molar-refractivity contribution in [2.45, 2.75) is 84.3 Å². The monoisotopic (exact) mass is 478 g/mol. The molecule has 0 radical (unpaired) electrons. The van der Waals surface area contributed by atoms with Crippen molar-refractivity contribution in [3.05, 3.63) is 40.2 Å². The van der Waals surface area contributed by atoms with E-state index in [4.69, 9.17) is 4.52 Å². The molecular weight excluding hydrogens is 446 g/mol. The standard InChI is InChI=1S/C24H32F2N4O4/c1-15-27-18(31)8-10-29(15)19-11-16(28-34-19)17-7-6-9-30(17)20(32)24(25,26)23(33)13-21(2,3)12-22(4,5)14-23/h8,10-11,17,33H,6-7,9,12-14H2,1-5H3/t17-/m0/s1. The van der Waals surface area contributed by atoms with Crippen molar-refractivity contribution >= 4 is 5.91 Å². The summed E-state index contributed by atoms with van der Waals surface area (Å²) in [7, 11) is 0. The fourth-order valence-electron chi connectivity index (χ4n) is 6.26. The summed E-state index contributed by atoms with van der Waals surface area (Å²) in [6.45, 7) is 9.17. The van der Waals surface area contributed by atoms with Crippen LogP contribution in [-0.2, 0) is 4.79 Å². The average molecular weight is 479 g/mol. The molecule has 0 aromatic carbocycles. The summed E-state index contributed by atoms with van der Waals surface area (Å²) in [5.41, 5.74) is -3.56. The highest BCUT2D eigenvalue weighted by atomic mass is 19.3. The van der Waals surface area contributed by atoms with Gasteiger partial charge in [-0.3, -0.25) is 14.2 Å². The maximum atomic E-state index is 15.7. The molecule has 1 saturated carbocycles. The number of halogens is 2. The summed E-state index contributed by atoms with van der Waals surface area (Å²) in [4.78, 5) is 29.6. The molecule has 2 fully saturated rings. The third-order valence-corrected chi connectivity index (χ3v) is 6.95. The van der Waals surface area contributed by atoms with Gasteiger partial charge in [-0.25, -0.2) is 0 Å². The number of aryl methyl sites for hydroxylation is 1. The average Bonchev–Trinajstić information content (AvgIpc) is 3.33. The molecule has 2 aliphatic rings. The Morgan fingerprint density at radius 3 is 2.47 bits per heavy atom. The topological polar surface area (TPSA) is 101 Å². The summed E-state index contributed by atoms with van der Waals surface area (Å²) in [5, 5.41) is 15.2. The predicted octanol–water partition coefficient (Wildman–Crippen LogP) is 3.80. The molecule has 0 unspecified atom stereocenters. The van der Waals surface area contributed by atoms with Gasteiger partial charge in [-0.1, -0.05) is 32.9 Å². The lowest BCUT2D eigenvalue weighted by atomic mass is 9.58. The number of hydrogen-bond donors (Lipinski definition) is 1. The van der Waals surface area contributed by atoms with Crippen LogP contribution in [-0.4, -0.2) is 48.7 Å². The van der Waals surface area contributed by atoms with Crippen molar-refractivity contribution in [1.29, 1.82) is 0 Å². The molecular formula is C24H32F2N4O4. The van der Waals surface area contributed by atoms with Crippen molar-refractivity contribution in [2.75, 3.05) is 6.54 Å². The third-order valence-electron chi connectivity index (χ3n) is 6.95. The number of rotatable bonds is 4. The molecule has 1 aliphatic carbocycles. The van der Waals surface area contributed by atoms with E-state index in [1.165, 1.54) is 16.8 Å². The minimum absolute atomic E-state index is 0.142. The van der Waals surface area contributed by atoms with Crippen LogP contribution in [0.2, 0.25) is 0 Å². The Kier molecular flexibility index (Phi) is 5.74. The SMILES string of the molecule is Cc1nc(=O)ccn1-c1cc([C@@H]2CCCN2C(=O)C(F)(F)C2(O)CC(C)(C)CC(C)(C)C2)no1. The highest BCUT2D eigenvalue weighted by Gasteiger charge is 2.65. The number of carbonyl (C=O) groups excluding carboxylic acids is 1. The second-order valence-corrected chi connectivity index (χ2v) is 11.4. The number of amides is 1. The van der Waals surface area contributed by atoms with Crippen LogP contribution in [0.1, 0.15) is 77.4 Å². The summed E-state index contributed by atoms with van der Waals surface area (Å²) < 4.78 is 38.4. The van der Waals surface area contributed by atoms with Gasteiger partial charge in [0.05, 0.1) is 6.04 Å². The molecule has 2 aromatic heterocycles. The summed E-state index contributed by atoms with van der Waals surface area (Å²) in [6, 6.07) is 2.14. The zero-order valence-electron chi connectivity index (χ0n) is 20.3. The summed E-state index contributed by atoms with van der Waals surface area (Å²) >= 11 is 0. The number of carbonyl (C=O) groups is 1. The van der Waals surface area contributed by atoms with E-state index in [1.54, 1.807) is 13.0 Å². The van der Waals surface area contributed by atoms with Crippen LogP contribution < -0.4 is 5.56 Å². The molecule has 1 amide bonds. The molecule has 2 aromatic rings. The van der Waals surface area contributed by atoms with Gasteiger partial charge in [-0.15, -0.1) is 0 Å². The van der Waals surface area contributed by atoms with Crippen molar-refractivity contribution in [3.8, 4) is 5.88 Å². The van der Waals surface area contributed by atoms with E-state index < -0.39 is 39.9 Å². The van der Waals surface area contributed by atoms with E-state index in [0.29, 0.717) is 30.8 Å². The first-order valence-electron chi connectivity index (χ1n) is 11.6. The molecule has 1 saturated heterocycles. The van der Waals surface area contributed by atoms with Crippen molar-refractivity contribution in [1.82, 2.24) is 19.6 Å². The van der Waals surface area contributed by atoms with Crippen molar-refractivity contribution < 1.29 is 23.2 Å². The number of aromatic nitrogens is 3. The molecule has 3 heterocycles. The number of nitrogens with zero attached hydrogens (tertiary/aromatic N) is 4. The van der Waals surface area contributed by atoms with Crippen LogP contribution >= 0.6 is 0 Å². The van der Waals surface area contributed by atoms with E-state index >= 15 is 8.78 Å². The number of aliphatic hydroxyl groups is 1. The minimum Gasteiger partial charge on any atom is -0.383 e. The van der Waals surface area contributed by atoms with Crippen molar-refractivity contribution in [2.24, 2.45) is 10.8 Å². The quantitative estimate of drug-likeness (QED) is 0.717. The smallest absolute Gasteiger partial charge is 0.352 e. The van der Waals surface area contributed by atoms with E-state index in [2.05, 4.69) is 10.1 Å². The van der Waals surface area contributed by atoms with Crippen LogP contribution in [0.4, 0.5) is 8.78 Å². The van der Waals surface area contributed by atoms with E-state index in [9.17, 15) is 14.7 Å². The Labute approximate surface area is 197 Å². The van der Waals surface area contributed by atoms with Gasteiger partial charge in [0.2, 0.25) is 5.88 Å². The lowest BCUT2D eigenvalue weighted by molar-refractivity contribution is -0.231. The van der Waals surface area contributed by atoms with Crippen LogP contribution in [0.15, 0.2) is 27.6 Å². The Morgan fingerprint density at radius 2 is 1.85 bits per heavy atom. The van der Waals surface area contributed by atoms with Gasteiger partial charge >= 0.3 is 5.92 Å². The van der Waals surface area contributed by atoms with Gasteiger partial charge in [-0.2, -0.15) is 13.8 Å². The Morgan fingerprint density at radius 1 is 1.21 bits per heavy atom. The second kappa shape index (κ2) is 7.96. The fraction of sp³-hybridized carbons (Fsp3) is 0.667. The molecule has 4 rings (SSSR count). The van der Waals surface area contributed by atoms with E-state index in [0.717, 1.165) is 4.90 Å². The van der Waals surface area contributed by atoms with Crippen LogP contribution in [0.25, 0.3) is 5.88 Å². The largest absolute Gasteiger partial charge is 0.383 e. The van der Waals surface area contributed by atoms with Gasteiger partial charge in [0.15, 0.2) is 0 Å². The zero-order chi connectivity index (χ0) is 25.1. The van der Waals surface area contributed by atoms with Crippen molar-refractivity contribution in [3.63, 3.8) is 0 Å². The third kappa shape index (κ3) is 4.28. The first kappa shape index (κ1) is 24.5. The number of hydrogen-bond acceptors (Lipinski definition) is 6. The molecule has 1 atom stereocenters. The van der Waals surface area contributed by atoms with Gasteiger partial charge in [0, 0.05) is 24.9 Å². The molecule has 186 valence electrons. The van der Waals surface area contributed by atoms with Gasteiger partial charge in [0.25, 0.3) is 11.5 Å². The van der Waals surface area contributed by atoms with Crippen LogP contribution in [0, 0.1) is 17.8 Å². The lowest BCUT2D eigenvalue weighted by Crippen LogP contribution is -2.62.